The van der Waals surface area contributed by atoms with Gasteiger partial charge in [-0.25, -0.2) is 8.42 Å². The van der Waals surface area contributed by atoms with Gasteiger partial charge in [-0.3, -0.25) is 9.52 Å². The highest BCUT2D eigenvalue weighted by molar-refractivity contribution is 7.93. The fourth-order valence-electron chi connectivity index (χ4n) is 2.08. The number of halogens is 1. The zero-order chi connectivity index (χ0) is 17.9. The molecule has 25 heavy (non-hydrogen) atoms. The van der Waals surface area contributed by atoms with Crippen molar-refractivity contribution >= 4 is 49.6 Å². The Hall–Kier alpha value is -2.35. The topological polar surface area (TPSA) is 75.3 Å². The minimum atomic E-state index is -3.75. The lowest BCUT2D eigenvalue weighted by atomic mass is 10.2. The Morgan fingerprint density at radius 1 is 0.960 bits per heavy atom. The number of benzene rings is 2. The van der Waals surface area contributed by atoms with E-state index < -0.39 is 15.9 Å². The number of hydrogen-bond donors (Lipinski definition) is 2. The molecule has 5 nitrogen and oxygen atoms in total. The van der Waals surface area contributed by atoms with Crippen LogP contribution in [-0.4, -0.2) is 14.3 Å². The van der Waals surface area contributed by atoms with Gasteiger partial charge in [0.05, 0.1) is 10.5 Å². The van der Waals surface area contributed by atoms with Crippen molar-refractivity contribution < 1.29 is 13.2 Å². The first-order valence-electron chi connectivity index (χ1n) is 7.18. The summed E-state index contributed by atoms with van der Waals surface area (Å²) in [5, 5.41) is 5.18. The molecule has 8 heteroatoms. The summed E-state index contributed by atoms with van der Waals surface area (Å²) in [5.74, 6) is -0.408. The van der Waals surface area contributed by atoms with Gasteiger partial charge in [0.1, 0.15) is 5.00 Å². The highest BCUT2D eigenvalue weighted by Crippen LogP contribution is 2.27. The van der Waals surface area contributed by atoms with E-state index in [-0.39, 0.29) is 15.5 Å². The lowest BCUT2D eigenvalue weighted by molar-refractivity contribution is 0.102. The fourth-order valence-corrected chi connectivity index (χ4v) is 4.34. The van der Waals surface area contributed by atoms with Crippen molar-refractivity contribution in [3.8, 4) is 0 Å². The number of nitrogens with one attached hydrogen (secondary N) is 2. The van der Waals surface area contributed by atoms with Gasteiger partial charge in [0.25, 0.3) is 15.9 Å². The monoisotopic (exact) mass is 392 g/mol. The highest BCUT2D eigenvalue weighted by atomic mass is 35.5. The van der Waals surface area contributed by atoms with Crippen LogP contribution in [0.4, 0.5) is 10.7 Å². The number of sulfonamides is 1. The summed E-state index contributed by atoms with van der Waals surface area (Å²) in [6.07, 6.45) is 0. The summed E-state index contributed by atoms with van der Waals surface area (Å²) in [6, 6.07) is 16.2. The van der Waals surface area contributed by atoms with Crippen LogP contribution in [0.2, 0.25) is 5.02 Å². The number of amides is 1. The van der Waals surface area contributed by atoms with Crippen molar-refractivity contribution in [1.29, 1.82) is 0 Å². The summed E-state index contributed by atoms with van der Waals surface area (Å²) in [5.41, 5.74) is 0.817. The standard InChI is InChI=1S/C17H13ClN2O3S2/c18-12-6-8-13(9-7-12)19-16(21)15-10-11-24-17(15)20-25(22,23)14-4-2-1-3-5-14/h1-11,20H,(H,19,21). The molecule has 0 aliphatic rings. The second kappa shape index (κ2) is 7.26. The molecule has 0 atom stereocenters. The third-order valence-electron chi connectivity index (χ3n) is 3.29. The fraction of sp³-hybridized carbons (Fsp3) is 0. The molecule has 2 aromatic carbocycles. The van der Waals surface area contributed by atoms with Crippen LogP contribution in [0.3, 0.4) is 0 Å². The zero-order valence-electron chi connectivity index (χ0n) is 12.8. The van der Waals surface area contributed by atoms with Crippen LogP contribution in [0.25, 0.3) is 0 Å². The first-order chi connectivity index (χ1) is 12.0. The third kappa shape index (κ3) is 4.19. The van der Waals surface area contributed by atoms with Crippen molar-refractivity contribution in [1.82, 2.24) is 0 Å². The summed E-state index contributed by atoms with van der Waals surface area (Å²) < 4.78 is 27.3. The summed E-state index contributed by atoms with van der Waals surface area (Å²) in [6.45, 7) is 0. The number of carbonyl (C=O) groups is 1. The third-order valence-corrected chi connectivity index (χ3v) is 5.87. The van der Waals surface area contributed by atoms with E-state index in [1.807, 2.05) is 0 Å². The molecule has 2 N–H and O–H groups in total. The average Bonchev–Trinajstić information content (AvgIpc) is 3.05. The average molecular weight is 393 g/mol. The maximum absolute atomic E-state index is 12.4. The van der Waals surface area contributed by atoms with Crippen LogP contribution in [0.5, 0.6) is 0 Å². The molecule has 0 saturated carbocycles. The Morgan fingerprint density at radius 2 is 1.64 bits per heavy atom. The van der Waals surface area contributed by atoms with Crippen LogP contribution < -0.4 is 10.0 Å². The minimum absolute atomic E-state index is 0.132. The van der Waals surface area contributed by atoms with Gasteiger partial charge >= 0.3 is 0 Å². The molecular weight excluding hydrogens is 380 g/mol. The van der Waals surface area contributed by atoms with Crippen molar-refractivity contribution in [2.45, 2.75) is 4.90 Å². The molecule has 128 valence electrons. The number of anilines is 2. The Balaban J connectivity index is 1.80. The van der Waals surface area contributed by atoms with Gasteiger partial charge in [-0.05, 0) is 47.8 Å². The molecule has 3 rings (SSSR count). The Labute approximate surface area is 154 Å². The number of thiophene rings is 1. The van der Waals surface area contributed by atoms with E-state index in [4.69, 9.17) is 11.6 Å². The van der Waals surface area contributed by atoms with Crippen LogP contribution in [0.15, 0.2) is 70.9 Å². The highest BCUT2D eigenvalue weighted by Gasteiger charge is 2.20. The molecule has 1 aromatic heterocycles. The normalized spacial score (nSPS) is 11.1. The van der Waals surface area contributed by atoms with E-state index in [0.29, 0.717) is 10.7 Å². The van der Waals surface area contributed by atoms with E-state index >= 15 is 0 Å². The van der Waals surface area contributed by atoms with Gasteiger partial charge in [-0.1, -0.05) is 29.8 Å². The summed E-state index contributed by atoms with van der Waals surface area (Å²) in [4.78, 5) is 12.6. The first kappa shape index (κ1) is 17.5. The van der Waals surface area contributed by atoms with E-state index in [0.717, 1.165) is 11.3 Å². The molecule has 0 unspecified atom stereocenters. The number of rotatable bonds is 5. The quantitative estimate of drug-likeness (QED) is 0.673. The van der Waals surface area contributed by atoms with Crippen LogP contribution in [0, 0.1) is 0 Å². The van der Waals surface area contributed by atoms with E-state index in [9.17, 15) is 13.2 Å². The second-order valence-corrected chi connectivity index (χ2v) is 8.08. The van der Waals surface area contributed by atoms with Crippen molar-refractivity contribution in [2.24, 2.45) is 0 Å². The maximum Gasteiger partial charge on any atom is 0.262 e. The second-order valence-electron chi connectivity index (χ2n) is 5.04. The van der Waals surface area contributed by atoms with E-state index in [2.05, 4.69) is 10.0 Å². The van der Waals surface area contributed by atoms with E-state index in [1.54, 1.807) is 53.9 Å². The predicted molar refractivity (Wildman–Crippen MR) is 101 cm³/mol. The summed E-state index contributed by atoms with van der Waals surface area (Å²) >= 11 is 6.96. The van der Waals surface area contributed by atoms with Crippen LogP contribution in [-0.2, 0) is 10.0 Å². The van der Waals surface area contributed by atoms with Crippen LogP contribution >= 0.6 is 22.9 Å². The Morgan fingerprint density at radius 3 is 2.32 bits per heavy atom. The Bertz CT molecular complexity index is 984. The van der Waals surface area contributed by atoms with Crippen molar-refractivity contribution in [3.05, 3.63) is 76.6 Å². The Kier molecular flexibility index (Phi) is 5.08. The molecule has 0 saturated heterocycles. The predicted octanol–water partition coefficient (Wildman–Crippen LogP) is 4.45. The first-order valence-corrected chi connectivity index (χ1v) is 9.92. The van der Waals surface area contributed by atoms with Gasteiger partial charge in [0.2, 0.25) is 0 Å². The molecule has 1 heterocycles. The minimum Gasteiger partial charge on any atom is -0.322 e. The molecular formula is C17H13ClN2O3S2. The molecule has 0 spiro atoms. The zero-order valence-corrected chi connectivity index (χ0v) is 15.2. The molecule has 0 radical (unpaired) electrons. The van der Waals surface area contributed by atoms with Gasteiger partial charge < -0.3 is 5.32 Å². The van der Waals surface area contributed by atoms with Crippen molar-refractivity contribution in [2.75, 3.05) is 10.0 Å². The molecule has 3 aromatic rings. The molecule has 0 fully saturated rings. The number of carbonyl (C=O) groups excluding carboxylic acids is 1. The molecule has 0 bridgehead atoms. The molecule has 0 aliphatic heterocycles. The van der Waals surface area contributed by atoms with Crippen molar-refractivity contribution in [3.63, 3.8) is 0 Å². The van der Waals surface area contributed by atoms with Gasteiger partial charge in [0, 0.05) is 10.7 Å². The van der Waals surface area contributed by atoms with Gasteiger partial charge in [-0.15, -0.1) is 11.3 Å². The smallest absolute Gasteiger partial charge is 0.262 e. The largest absolute Gasteiger partial charge is 0.322 e. The lowest BCUT2D eigenvalue weighted by Crippen LogP contribution is -2.17. The number of hydrogen-bond acceptors (Lipinski definition) is 4. The molecule has 0 aliphatic carbocycles. The lowest BCUT2D eigenvalue weighted by Gasteiger charge is -2.09. The van der Waals surface area contributed by atoms with Crippen LogP contribution in [0.1, 0.15) is 10.4 Å². The summed E-state index contributed by atoms with van der Waals surface area (Å²) in [7, 11) is -3.75. The SMILES string of the molecule is O=C(Nc1ccc(Cl)cc1)c1ccsc1NS(=O)(=O)c1ccccc1. The molecule has 1 amide bonds. The maximum atomic E-state index is 12.4. The van der Waals surface area contributed by atoms with Gasteiger partial charge in [0.15, 0.2) is 0 Å². The van der Waals surface area contributed by atoms with E-state index in [1.165, 1.54) is 12.1 Å². The van der Waals surface area contributed by atoms with Gasteiger partial charge in [-0.2, -0.15) is 0 Å².